The molecule has 3 rings (SSSR count). The molecule has 0 saturated heterocycles. The first-order chi connectivity index (χ1) is 12.6. The Balaban J connectivity index is 1.82. The quantitative estimate of drug-likeness (QED) is 0.544. The molecule has 0 unspecified atom stereocenters. The molecule has 0 bridgehead atoms. The summed E-state index contributed by atoms with van der Waals surface area (Å²) in [5, 5.41) is 6.82. The zero-order valence-corrected chi connectivity index (χ0v) is 16.5. The van der Waals surface area contributed by atoms with Gasteiger partial charge >= 0.3 is 6.18 Å². The van der Waals surface area contributed by atoms with Crippen LogP contribution in [0.4, 0.5) is 18.9 Å². The molecule has 9 heteroatoms. The van der Waals surface area contributed by atoms with Crippen LogP contribution in [0, 0.1) is 17.4 Å². The Bertz CT molecular complexity index is 997. The van der Waals surface area contributed by atoms with Crippen LogP contribution in [0.1, 0.15) is 27.3 Å². The summed E-state index contributed by atoms with van der Waals surface area (Å²) in [7, 11) is 0. The molecule has 0 aliphatic heterocycles. The molecule has 0 atom stereocenters. The van der Waals surface area contributed by atoms with Crippen molar-refractivity contribution in [1.82, 2.24) is 14.8 Å². The normalized spacial score (nSPS) is 11.5. The lowest BCUT2D eigenvalue weighted by Crippen LogP contribution is -2.15. The third-order valence-corrected chi connectivity index (χ3v) is 4.72. The van der Waals surface area contributed by atoms with Crippen molar-refractivity contribution in [3.05, 3.63) is 68.7 Å². The molecule has 1 aromatic carbocycles. The van der Waals surface area contributed by atoms with Crippen molar-refractivity contribution in [3.8, 4) is 5.82 Å². The number of nitrogens with one attached hydrogen (secondary N) is 1. The van der Waals surface area contributed by atoms with Crippen LogP contribution in [-0.2, 0) is 6.18 Å². The lowest BCUT2D eigenvalue weighted by atomic mass is 10.2. The second kappa shape index (κ2) is 7.29. The van der Waals surface area contributed by atoms with E-state index in [2.05, 4.69) is 15.4 Å². The molecule has 3 aromatic rings. The van der Waals surface area contributed by atoms with E-state index in [1.165, 1.54) is 12.3 Å². The van der Waals surface area contributed by atoms with Crippen LogP contribution in [-0.4, -0.2) is 20.7 Å². The van der Waals surface area contributed by atoms with Gasteiger partial charge in [0.1, 0.15) is 0 Å². The van der Waals surface area contributed by atoms with E-state index in [1.54, 1.807) is 16.8 Å². The monoisotopic (exact) mass is 486 g/mol. The van der Waals surface area contributed by atoms with Gasteiger partial charge in [-0.2, -0.15) is 18.3 Å². The summed E-state index contributed by atoms with van der Waals surface area (Å²) in [6.07, 6.45) is -3.12. The van der Waals surface area contributed by atoms with E-state index < -0.39 is 17.6 Å². The highest BCUT2D eigenvalue weighted by Crippen LogP contribution is 2.32. The molecule has 0 fully saturated rings. The molecule has 0 aliphatic rings. The maximum absolute atomic E-state index is 12.9. The highest BCUT2D eigenvalue weighted by Gasteiger charge is 2.31. The van der Waals surface area contributed by atoms with Gasteiger partial charge in [0.05, 0.1) is 22.5 Å². The molecule has 140 valence electrons. The van der Waals surface area contributed by atoms with E-state index in [1.807, 2.05) is 42.5 Å². The molecular weight excluding hydrogens is 472 g/mol. The van der Waals surface area contributed by atoms with Crippen LogP contribution >= 0.6 is 22.6 Å². The summed E-state index contributed by atoms with van der Waals surface area (Å²) in [5.74, 6) is 0.00505. The zero-order chi connectivity index (χ0) is 19.8. The summed E-state index contributed by atoms with van der Waals surface area (Å²) >= 11 is 1.87. The molecule has 1 N–H and O–H groups in total. The molecule has 0 saturated carbocycles. The fourth-order valence-corrected chi connectivity index (χ4v) is 2.97. The Labute approximate surface area is 166 Å². The lowest BCUT2D eigenvalue weighted by Gasteiger charge is -2.12. The number of rotatable bonds is 3. The number of hydrogen-bond acceptors (Lipinski definition) is 3. The summed E-state index contributed by atoms with van der Waals surface area (Å²) in [6.45, 7) is 3.75. The van der Waals surface area contributed by atoms with Crippen molar-refractivity contribution in [2.45, 2.75) is 20.0 Å². The van der Waals surface area contributed by atoms with Gasteiger partial charge in [-0.15, -0.1) is 0 Å². The summed E-state index contributed by atoms with van der Waals surface area (Å²) in [6, 6.07) is 8.28. The predicted molar refractivity (Wildman–Crippen MR) is 103 cm³/mol. The molecule has 0 aliphatic carbocycles. The van der Waals surface area contributed by atoms with Gasteiger partial charge in [0.25, 0.3) is 5.91 Å². The number of hydrogen-bond donors (Lipinski definition) is 1. The van der Waals surface area contributed by atoms with Crippen LogP contribution in [0.5, 0.6) is 0 Å². The van der Waals surface area contributed by atoms with Gasteiger partial charge in [0.15, 0.2) is 5.82 Å². The Morgan fingerprint density at radius 3 is 2.44 bits per heavy atom. The summed E-state index contributed by atoms with van der Waals surface area (Å²) in [5.41, 5.74) is 1.24. The minimum atomic E-state index is -4.48. The number of carbonyl (C=O) groups excluding carboxylic acids is 1. The number of benzene rings is 1. The second-order valence-electron chi connectivity index (χ2n) is 5.89. The first-order valence-corrected chi connectivity index (χ1v) is 8.91. The van der Waals surface area contributed by atoms with E-state index in [-0.39, 0.29) is 11.3 Å². The summed E-state index contributed by atoms with van der Waals surface area (Å²) in [4.78, 5) is 16.6. The largest absolute Gasteiger partial charge is 0.416 e. The zero-order valence-electron chi connectivity index (χ0n) is 14.3. The maximum atomic E-state index is 12.9. The van der Waals surface area contributed by atoms with Crippen molar-refractivity contribution < 1.29 is 18.0 Å². The lowest BCUT2D eigenvalue weighted by molar-refractivity contribution is -0.137. The SMILES string of the molecule is Cc1cc(C)n(-c2ccc(C(=O)Nc3cc(C(F)(F)F)ccc3I)cn2)n1. The first kappa shape index (κ1) is 19.3. The van der Waals surface area contributed by atoms with Gasteiger partial charge in [-0.3, -0.25) is 4.79 Å². The number of pyridine rings is 1. The van der Waals surface area contributed by atoms with E-state index >= 15 is 0 Å². The average Bonchev–Trinajstić information content (AvgIpc) is 2.94. The van der Waals surface area contributed by atoms with Gasteiger partial charge in [-0.1, -0.05) is 0 Å². The summed E-state index contributed by atoms with van der Waals surface area (Å²) < 4.78 is 40.7. The van der Waals surface area contributed by atoms with E-state index in [0.717, 1.165) is 23.5 Å². The van der Waals surface area contributed by atoms with Crippen LogP contribution in [0.3, 0.4) is 0 Å². The number of anilines is 1. The van der Waals surface area contributed by atoms with Crippen LogP contribution in [0.2, 0.25) is 0 Å². The van der Waals surface area contributed by atoms with Crippen molar-refractivity contribution >= 4 is 34.2 Å². The van der Waals surface area contributed by atoms with Gasteiger partial charge in [0.2, 0.25) is 0 Å². The second-order valence-corrected chi connectivity index (χ2v) is 7.05. The molecular formula is C18H14F3IN4O. The highest BCUT2D eigenvalue weighted by molar-refractivity contribution is 14.1. The topological polar surface area (TPSA) is 59.8 Å². The number of carbonyl (C=O) groups is 1. The Morgan fingerprint density at radius 2 is 1.89 bits per heavy atom. The fraction of sp³-hybridized carbons (Fsp3) is 0.167. The Morgan fingerprint density at radius 1 is 1.15 bits per heavy atom. The van der Waals surface area contributed by atoms with Gasteiger partial charge < -0.3 is 5.32 Å². The highest BCUT2D eigenvalue weighted by atomic mass is 127. The molecule has 27 heavy (non-hydrogen) atoms. The van der Waals surface area contributed by atoms with Gasteiger partial charge in [-0.05, 0) is 72.8 Å². The molecule has 0 spiro atoms. The van der Waals surface area contributed by atoms with Crippen molar-refractivity contribution in [3.63, 3.8) is 0 Å². The predicted octanol–water partition coefficient (Wildman–Crippen LogP) is 4.76. The molecule has 5 nitrogen and oxygen atoms in total. The molecule has 2 aromatic heterocycles. The number of amides is 1. The van der Waals surface area contributed by atoms with E-state index in [0.29, 0.717) is 9.39 Å². The van der Waals surface area contributed by atoms with E-state index in [4.69, 9.17) is 0 Å². The fourth-order valence-electron chi connectivity index (χ4n) is 2.50. The van der Waals surface area contributed by atoms with Crippen molar-refractivity contribution in [1.29, 1.82) is 0 Å². The number of halogens is 4. The minimum absolute atomic E-state index is 0.0954. The van der Waals surface area contributed by atoms with Crippen LogP contribution in [0.15, 0.2) is 42.6 Å². The maximum Gasteiger partial charge on any atom is 0.416 e. The van der Waals surface area contributed by atoms with Crippen molar-refractivity contribution in [2.24, 2.45) is 0 Å². The Hall–Kier alpha value is -2.43. The third-order valence-electron chi connectivity index (χ3n) is 3.78. The molecule has 1 amide bonds. The third kappa shape index (κ3) is 4.29. The number of aryl methyl sites for hydroxylation is 2. The number of aromatic nitrogens is 3. The minimum Gasteiger partial charge on any atom is -0.321 e. The smallest absolute Gasteiger partial charge is 0.321 e. The first-order valence-electron chi connectivity index (χ1n) is 7.83. The van der Waals surface area contributed by atoms with Crippen LogP contribution in [0.25, 0.3) is 5.82 Å². The molecule has 0 radical (unpaired) electrons. The number of nitrogens with zero attached hydrogens (tertiary/aromatic N) is 3. The standard InChI is InChI=1S/C18H14F3IN4O/c1-10-7-11(2)26(25-10)16-6-3-12(9-23-16)17(27)24-15-8-13(18(19,20)21)4-5-14(15)22/h3-9H,1-2H3,(H,24,27). The number of alkyl halides is 3. The van der Waals surface area contributed by atoms with Gasteiger partial charge in [0, 0.05) is 15.5 Å². The van der Waals surface area contributed by atoms with Gasteiger partial charge in [-0.25, -0.2) is 9.67 Å². The average molecular weight is 486 g/mol. The van der Waals surface area contributed by atoms with Crippen LogP contribution < -0.4 is 5.32 Å². The Kier molecular flexibility index (Phi) is 5.22. The van der Waals surface area contributed by atoms with E-state index in [9.17, 15) is 18.0 Å². The van der Waals surface area contributed by atoms with Crippen molar-refractivity contribution in [2.75, 3.05) is 5.32 Å². The molecule has 2 heterocycles.